The van der Waals surface area contributed by atoms with Gasteiger partial charge in [0.15, 0.2) is 5.78 Å². The normalized spacial score (nSPS) is 18.2. The van der Waals surface area contributed by atoms with Gasteiger partial charge in [-0.05, 0) is 73.9 Å². The number of para-hydroxylation sites is 1. The second kappa shape index (κ2) is 8.43. The summed E-state index contributed by atoms with van der Waals surface area (Å²) in [6, 6.07) is 16.0. The third-order valence-electron chi connectivity index (χ3n) is 6.94. The monoisotopic (exact) mass is 444 g/mol. The highest BCUT2D eigenvalue weighted by Crippen LogP contribution is 2.44. The molecule has 0 spiro atoms. The number of fused-ring (bicyclic) bond motifs is 2. The average Bonchev–Trinajstić information content (AvgIpc) is 3.35. The number of aromatic nitrogens is 2. The first-order chi connectivity index (χ1) is 15.9. The number of ketones is 1. The standard InChI is InChI=1S/C27H25FN2O3/c1-16-27(21-14-20(28)9-11-24(21)30(16)15-26(32)33)19-7-6-17(12-19)13-25(31)23-10-8-18-4-2-3-5-22(18)29-23/h2-5,8-11,14,17,19H,6-7,12-13,15H2,1H3,(H,32,33). The van der Waals surface area contributed by atoms with Crippen molar-refractivity contribution in [2.45, 2.75) is 45.1 Å². The second-order valence-corrected chi connectivity index (χ2v) is 9.03. The van der Waals surface area contributed by atoms with Crippen LogP contribution in [0.15, 0.2) is 54.6 Å². The summed E-state index contributed by atoms with van der Waals surface area (Å²) in [4.78, 5) is 28.9. The minimum absolute atomic E-state index is 0.0440. The zero-order valence-electron chi connectivity index (χ0n) is 18.4. The van der Waals surface area contributed by atoms with E-state index in [9.17, 15) is 19.1 Å². The molecule has 2 atom stereocenters. The largest absolute Gasteiger partial charge is 0.480 e. The van der Waals surface area contributed by atoms with E-state index in [1.54, 1.807) is 16.7 Å². The maximum atomic E-state index is 14.1. The summed E-state index contributed by atoms with van der Waals surface area (Å²) in [6.45, 7) is 1.75. The Morgan fingerprint density at radius 3 is 2.76 bits per heavy atom. The van der Waals surface area contributed by atoms with Gasteiger partial charge >= 0.3 is 5.97 Å². The van der Waals surface area contributed by atoms with Crippen molar-refractivity contribution in [3.8, 4) is 0 Å². The minimum Gasteiger partial charge on any atom is -0.480 e. The number of pyridine rings is 1. The number of nitrogens with zero attached hydrogens (tertiary/aromatic N) is 2. The van der Waals surface area contributed by atoms with Gasteiger partial charge in [-0.25, -0.2) is 9.37 Å². The lowest BCUT2D eigenvalue weighted by Gasteiger charge is -2.13. The maximum absolute atomic E-state index is 14.1. The first-order valence-electron chi connectivity index (χ1n) is 11.3. The minimum atomic E-state index is -0.927. The number of Topliss-reactive ketones (excluding diaryl/α,β-unsaturated/α-hetero) is 1. The highest BCUT2D eigenvalue weighted by Gasteiger charge is 2.32. The van der Waals surface area contributed by atoms with Crippen LogP contribution in [0.25, 0.3) is 21.8 Å². The lowest BCUT2D eigenvalue weighted by molar-refractivity contribution is -0.137. The topological polar surface area (TPSA) is 72.2 Å². The van der Waals surface area contributed by atoms with E-state index in [1.165, 1.54) is 12.1 Å². The fourth-order valence-electron chi connectivity index (χ4n) is 5.45. The first-order valence-corrected chi connectivity index (χ1v) is 11.3. The van der Waals surface area contributed by atoms with Gasteiger partial charge in [-0.3, -0.25) is 9.59 Å². The SMILES string of the molecule is Cc1c(C2CCC(CC(=O)c3ccc4ccccc4n3)C2)c2cc(F)ccc2n1CC(=O)O. The van der Waals surface area contributed by atoms with Crippen LogP contribution in [-0.2, 0) is 11.3 Å². The van der Waals surface area contributed by atoms with Gasteiger partial charge in [-0.2, -0.15) is 0 Å². The van der Waals surface area contributed by atoms with E-state index in [-0.39, 0.29) is 30.0 Å². The van der Waals surface area contributed by atoms with Crippen LogP contribution in [0.5, 0.6) is 0 Å². The molecule has 1 aliphatic rings. The van der Waals surface area contributed by atoms with Gasteiger partial charge in [0.05, 0.1) is 5.52 Å². The van der Waals surface area contributed by atoms with Crippen molar-refractivity contribution in [2.24, 2.45) is 5.92 Å². The summed E-state index contributed by atoms with van der Waals surface area (Å²) in [5, 5.41) is 11.1. The van der Waals surface area contributed by atoms with E-state index in [1.807, 2.05) is 37.3 Å². The van der Waals surface area contributed by atoms with Gasteiger partial charge in [0.25, 0.3) is 0 Å². The van der Waals surface area contributed by atoms with Crippen molar-refractivity contribution < 1.29 is 19.1 Å². The molecular weight excluding hydrogens is 419 g/mol. The predicted molar refractivity (Wildman–Crippen MR) is 125 cm³/mol. The molecule has 2 aromatic heterocycles. The number of benzene rings is 2. The molecule has 2 unspecified atom stereocenters. The Balaban J connectivity index is 1.38. The Morgan fingerprint density at radius 1 is 1.12 bits per heavy atom. The highest BCUT2D eigenvalue weighted by molar-refractivity contribution is 5.96. The van der Waals surface area contributed by atoms with E-state index in [4.69, 9.17) is 0 Å². The molecule has 33 heavy (non-hydrogen) atoms. The maximum Gasteiger partial charge on any atom is 0.323 e. The molecule has 0 amide bonds. The highest BCUT2D eigenvalue weighted by atomic mass is 19.1. The van der Waals surface area contributed by atoms with Crippen LogP contribution in [0.3, 0.4) is 0 Å². The van der Waals surface area contributed by atoms with E-state index in [2.05, 4.69) is 4.98 Å². The second-order valence-electron chi connectivity index (χ2n) is 9.03. The zero-order valence-corrected chi connectivity index (χ0v) is 18.4. The molecule has 168 valence electrons. The summed E-state index contributed by atoms with van der Waals surface area (Å²) < 4.78 is 15.8. The van der Waals surface area contributed by atoms with Gasteiger partial charge in [0, 0.05) is 28.4 Å². The number of hydrogen-bond donors (Lipinski definition) is 1. The van der Waals surface area contributed by atoms with Crippen molar-refractivity contribution in [1.29, 1.82) is 0 Å². The number of carboxylic acid groups (broad SMARTS) is 1. The predicted octanol–water partition coefficient (Wildman–Crippen LogP) is 5.88. The summed E-state index contributed by atoms with van der Waals surface area (Å²) in [6.07, 6.45) is 3.06. The molecule has 5 nitrogen and oxygen atoms in total. The van der Waals surface area contributed by atoms with Gasteiger partial charge < -0.3 is 9.67 Å². The molecule has 1 aliphatic carbocycles. The molecule has 6 heteroatoms. The Labute approximate surface area is 190 Å². The molecule has 1 saturated carbocycles. The molecule has 1 fully saturated rings. The van der Waals surface area contributed by atoms with Crippen molar-refractivity contribution in [3.05, 3.63) is 77.4 Å². The van der Waals surface area contributed by atoms with Crippen LogP contribution in [-0.4, -0.2) is 26.4 Å². The molecule has 1 N–H and O–H groups in total. The Hall–Kier alpha value is -3.54. The number of hydrogen-bond acceptors (Lipinski definition) is 3. The molecule has 2 aromatic carbocycles. The first kappa shape index (κ1) is 21.3. The molecule has 0 bridgehead atoms. The summed E-state index contributed by atoms with van der Waals surface area (Å²) >= 11 is 0. The van der Waals surface area contributed by atoms with Crippen LogP contribution in [0.4, 0.5) is 4.39 Å². The fraction of sp³-hybridized carbons (Fsp3) is 0.296. The average molecular weight is 445 g/mol. The Morgan fingerprint density at radius 2 is 1.94 bits per heavy atom. The quantitative estimate of drug-likeness (QED) is 0.377. The van der Waals surface area contributed by atoms with Crippen molar-refractivity contribution in [1.82, 2.24) is 9.55 Å². The molecule has 5 rings (SSSR count). The number of carboxylic acids is 1. The zero-order chi connectivity index (χ0) is 23.1. The van der Waals surface area contributed by atoms with Crippen LogP contribution < -0.4 is 0 Å². The molecule has 2 heterocycles. The van der Waals surface area contributed by atoms with Crippen LogP contribution in [0.2, 0.25) is 0 Å². The van der Waals surface area contributed by atoms with Gasteiger partial charge in [-0.15, -0.1) is 0 Å². The summed E-state index contributed by atoms with van der Waals surface area (Å²) in [5.74, 6) is -0.817. The van der Waals surface area contributed by atoms with Crippen LogP contribution in [0.1, 0.15) is 53.3 Å². The molecule has 4 aromatic rings. The van der Waals surface area contributed by atoms with E-state index in [0.717, 1.165) is 52.3 Å². The lowest BCUT2D eigenvalue weighted by Crippen LogP contribution is -2.11. The number of carbonyl (C=O) groups excluding carboxylic acids is 1. The third kappa shape index (κ3) is 4.01. The summed E-state index contributed by atoms with van der Waals surface area (Å²) in [7, 11) is 0. The van der Waals surface area contributed by atoms with E-state index >= 15 is 0 Å². The van der Waals surface area contributed by atoms with Gasteiger partial charge in [-0.1, -0.05) is 24.3 Å². The molecule has 0 aliphatic heterocycles. The number of halogens is 1. The lowest BCUT2D eigenvalue weighted by atomic mass is 9.92. The number of carbonyl (C=O) groups is 2. The van der Waals surface area contributed by atoms with Crippen LogP contribution in [0, 0.1) is 18.7 Å². The summed E-state index contributed by atoms with van der Waals surface area (Å²) in [5.41, 5.74) is 3.94. The van der Waals surface area contributed by atoms with Gasteiger partial charge in [0.1, 0.15) is 18.1 Å². The van der Waals surface area contributed by atoms with E-state index in [0.29, 0.717) is 12.1 Å². The van der Waals surface area contributed by atoms with Crippen molar-refractivity contribution in [3.63, 3.8) is 0 Å². The number of aliphatic carboxylic acids is 1. The van der Waals surface area contributed by atoms with Gasteiger partial charge in [0.2, 0.25) is 0 Å². The molecule has 0 saturated heterocycles. The van der Waals surface area contributed by atoms with Crippen molar-refractivity contribution in [2.75, 3.05) is 0 Å². The smallest absolute Gasteiger partial charge is 0.323 e. The Bertz CT molecular complexity index is 1390. The fourth-order valence-corrected chi connectivity index (χ4v) is 5.45. The molecular formula is C27H25FN2O3. The third-order valence-corrected chi connectivity index (χ3v) is 6.94. The van der Waals surface area contributed by atoms with Crippen molar-refractivity contribution >= 4 is 33.6 Å². The molecule has 0 radical (unpaired) electrons. The Kier molecular flexibility index (Phi) is 5.44. The van der Waals surface area contributed by atoms with Crippen LogP contribution >= 0.6 is 0 Å². The van der Waals surface area contributed by atoms with E-state index < -0.39 is 5.97 Å². The number of rotatable bonds is 6.